The highest BCUT2D eigenvalue weighted by Gasteiger charge is 2.23. The van der Waals surface area contributed by atoms with Crippen LogP contribution in [0.4, 0.5) is 5.82 Å². The van der Waals surface area contributed by atoms with Crippen molar-refractivity contribution in [3.05, 3.63) is 52.1 Å². The van der Waals surface area contributed by atoms with Crippen molar-refractivity contribution in [2.75, 3.05) is 31.1 Å². The molecule has 0 bridgehead atoms. The Morgan fingerprint density at radius 2 is 1.82 bits per heavy atom. The van der Waals surface area contributed by atoms with Gasteiger partial charge in [0.05, 0.1) is 10.0 Å². The maximum Gasteiger partial charge on any atom is 0.254 e. The second kappa shape index (κ2) is 6.50. The molecule has 1 amide bonds. The van der Waals surface area contributed by atoms with Crippen molar-refractivity contribution in [2.24, 2.45) is 0 Å². The van der Waals surface area contributed by atoms with E-state index in [-0.39, 0.29) is 5.91 Å². The number of anilines is 1. The van der Waals surface area contributed by atoms with Gasteiger partial charge in [-0.1, -0.05) is 23.2 Å². The molecule has 7 heteroatoms. The lowest BCUT2D eigenvalue weighted by Crippen LogP contribution is -2.49. The first kappa shape index (κ1) is 15.1. The second-order valence-electron chi connectivity index (χ2n) is 4.99. The Kier molecular flexibility index (Phi) is 4.45. The summed E-state index contributed by atoms with van der Waals surface area (Å²) in [4.78, 5) is 16.4. The molecule has 0 aliphatic carbocycles. The maximum absolute atomic E-state index is 12.5. The topological polar surface area (TPSA) is 49.3 Å². The molecule has 3 rings (SSSR count). The van der Waals surface area contributed by atoms with Crippen LogP contribution in [0.2, 0.25) is 10.0 Å². The van der Waals surface area contributed by atoms with Gasteiger partial charge in [0.15, 0.2) is 5.82 Å². The maximum atomic E-state index is 12.5. The highest BCUT2D eigenvalue weighted by atomic mass is 35.5. The smallest absolute Gasteiger partial charge is 0.254 e. The third-order valence-corrected chi connectivity index (χ3v) is 4.35. The van der Waals surface area contributed by atoms with Gasteiger partial charge in [-0.2, -0.15) is 5.10 Å². The van der Waals surface area contributed by atoms with E-state index in [1.165, 1.54) is 0 Å². The van der Waals surface area contributed by atoms with Crippen molar-refractivity contribution in [2.45, 2.75) is 0 Å². The first-order chi connectivity index (χ1) is 10.6. The Hall–Kier alpha value is -1.85. The summed E-state index contributed by atoms with van der Waals surface area (Å²) in [5.41, 5.74) is 0.558. The third kappa shape index (κ3) is 3.15. The molecule has 1 aromatic carbocycles. The molecule has 0 radical (unpaired) electrons. The molecule has 0 atom stereocenters. The van der Waals surface area contributed by atoms with E-state index in [0.717, 1.165) is 18.9 Å². The molecule has 22 heavy (non-hydrogen) atoms. The summed E-state index contributed by atoms with van der Waals surface area (Å²) in [5.74, 6) is 0.807. The van der Waals surface area contributed by atoms with Crippen LogP contribution >= 0.6 is 23.2 Å². The Balaban J connectivity index is 1.66. The lowest BCUT2D eigenvalue weighted by molar-refractivity contribution is 0.0746. The molecule has 1 aromatic heterocycles. The molecule has 0 unspecified atom stereocenters. The van der Waals surface area contributed by atoms with Crippen LogP contribution in [0.1, 0.15) is 10.4 Å². The van der Waals surface area contributed by atoms with Gasteiger partial charge in [0.25, 0.3) is 5.91 Å². The van der Waals surface area contributed by atoms with E-state index in [4.69, 9.17) is 23.2 Å². The van der Waals surface area contributed by atoms with Gasteiger partial charge in [0.2, 0.25) is 0 Å². The van der Waals surface area contributed by atoms with Crippen molar-refractivity contribution in [1.82, 2.24) is 15.1 Å². The fourth-order valence-electron chi connectivity index (χ4n) is 2.41. The number of hydrogen-bond donors (Lipinski definition) is 0. The zero-order valence-electron chi connectivity index (χ0n) is 11.7. The van der Waals surface area contributed by atoms with Crippen LogP contribution in [-0.2, 0) is 0 Å². The molecule has 1 aliphatic rings. The molecule has 1 aliphatic heterocycles. The van der Waals surface area contributed by atoms with Crippen LogP contribution in [0.15, 0.2) is 36.5 Å². The number of benzene rings is 1. The molecule has 114 valence electrons. The quantitative estimate of drug-likeness (QED) is 0.846. The van der Waals surface area contributed by atoms with Crippen molar-refractivity contribution in [1.29, 1.82) is 0 Å². The minimum absolute atomic E-state index is 0.0302. The second-order valence-corrected chi connectivity index (χ2v) is 5.80. The van der Waals surface area contributed by atoms with Gasteiger partial charge >= 0.3 is 0 Å². The highest BCUT2D eigenvalue weighted by molar-refractivity contribution is 6.42. The highest BCUT2D eigenvalue weighted by Crippen LogP contribution is 2.23. The predicted octanol–water partition coefficient (Wildman–Crippen LogP) is 2.75. The Morgan fingerprint density at radius 1 is 1.05 bits per heavy atom. The van der Waals surface area contributed by atoms with E-state index in [2.05, 4.69) is 15.1 Å². The number of amides is 1. The number of piperazine rings is 1. The van der Waals surface area contributed by atoms with E-state index >= 15 is 0 Å². The summed E-state index contributed by atoms with van der Waals surface area (Å²) in [5, 5.41) is 8.82. The number of hydrogen-bond acceptors (Lipinski definition) is 4. The van der Waals surface area contributed by atoms with E-state index in [1.54, 1.807) is 24.4 Å². The number of nitrogens with zero attached hydrogens (tertiary/aromatic N) is 4. The monoisotopic (exact) mass is 336 g/mol. The van der Waals surface area contributed by atoms with Gasteiger partial charge in [0.1, 0.15) is 0 Å². The molecule has 1 fully saturated rings. The normalized spacial score (nSPS) is 15.0. The van der Waals surface area contributed by atoms with E-state index in [1.807, 2.05) is 17.0 Å². The van der Waals surface area contributed by atoms with Crippen LogP contribution < -0.4 is 4.90 Å². The summed E-state index contributed by atoms with van der Waals surface area (Å²) >= 11 is 11.9. The molecule has 1 saturated heterocycles. The Bertz CT molecular complexity index is 672. The lowest BCUT2D eigenvalue weighted by atomic mass is 10.2. The molecule has 5 nitrogen and oxygen atoms in total. The van der Waals surface area contributed by atoms with E-state index in [0.29, 0.717) is 28.7 Å². The zero-order valence-corrected chi connectivity index (χ0v) is 13.3. The molecule has 2 heterocycles. The molecular formula is C15H14Cl2N4O. The van der Waals surface area contributed by atoms with Crippen molar-refractivity contribution in [3.8, 4) is 0 Å². The van der Waals surface area contributed by atoms with Gasteiger partial charge in [0, 0.05) is 37.9 Å². The average molecular weight is 337 g/mol. The summed E-state index contributed by atoms with van der Waals surface area (Å²) in [6.07, 6.45) is 1.65. The Morgan fingerprint density at radius 3 is 2.45 bits per heavy atom. The number of halogens is 2. The van der Waals surface area contributed by atoms with Gasteiger partial charge in [-0.25, -0.2) is 0 Å². The third-order valence-electron chi connectivity index (χ3n) is 3.62. The van der Waals surface area contributed by atoms with E-state index < -0.39 is 0 Å². The number of carbonyl (C=O) groups excluding carboxylic acids is 1. The van der Waals surface area contributed by atoms with Crippen LogP contribution in [0, 0.1) is 0 Å². The number of aromatic nitrogens is 2. The molecule has 2 aromatic rings. The number of rotatable bonds is 2. The average Bonchev–Trinajstić information content (AvgIpc) is 2.58. The van der Waals surface area contributed by atoms with Crippen molar-refractivity contribution >= 4 is 34.9 Å². The zero-order chi connectivity index (χ0) is 15.5. The molecule has 0 saturated carbocycles. The van der Waals surface area contributed by atoms with Crippen LogP contribution in [0.3, 0.4) is 0 Å². The van der Waals surface area contributed by atoms with E-state index in [9.17, 15) is 4.79 Å². The number of carbonyl (C=O) groups is 1. The van der Waals surface area contributed by atoms with Crippen LogP contribution in [0.25, 0.3) is 0 Å². The first-order valence-corrected chi connectivity index (χ1v) is 7.68. The van der Waals surface area contributed by atoms with Gasteiger partial charge in [-0.05, 0) is 30.3 Å². The standard InChI is InChI=1S/C15H14Cl2N4O/c16-12-4-3-11(10-13(12)17)15(22)21-8-6-20(7-9-21)14-2-1-5-18-19-14/h1-5,10H,6-9H2. The fourth-order valence-corrected chi connectivity index (χ4v) is 2.71. The minimum Gasteiger partial charge on any atom is -0.352 e. The largest absolute Gasteiger partial charge is 0.352 e. The van der Waals surface area contributed by atoms with Crippen molar-refractivity contribution in [3.63, 3.8) is 0 Å². The summed E-state index contributed by atoms with van der Waals surface area (Å²) in [6.45, 7) is 2.73. The summed E-state index contributed by atoms with van der Waals surface area (Å²) in [7, 11) is 0. The fraction of sp³-hybridized carbons (Fsp3) is 0.267. The van der Waals surface area contributed by atoms with Gasteiger partial charge < -0.3 is 9.80 Å². The molecule has 0 spiro atoms. The minimum atomic E-state index is -0.0302. The van der Waals surface area contributed by atoms with Crippen LogP contribution in [-0.4, -0.2) is 47.2 Å². The Labute approximate surface area is 138 Å². The molecule has 0 N–H and O–H groups in total. The van der Waals surface area contributed by atoms with Gasteiger partial charge in [-0.15, -0.1) is 5.10 Å². The van der Waals surface area contributed by atoms with Crippen molar-refractivity contribution < 1.29 is 4.79 Å². The summed E-state index contributed by atoms with van der Waals surface area (Å²) in [6, 6.07) is 8.73. The predicted molar refractivity (Wildman–Crippen MR) is 86.6 cm³/mol. The molecular weight excluding hydrogens is 323 g/mol. The SMILES string of the molecule is O=C(c1ccc(Cl)c(Cl)c1)N1CCN(c2cccnn2)CC1. The lowest BCUT2D eigenvalue weighted by Gasteiger charge is -2.35. The van der Waals surface area contributed by atoms with Crippen LogP contribution in [0.5, 0.6) is 0 Å². The first-order valence-electron chi connectivity index (χ1n) is 6.92. The summed E-state index contributed by atoms with van der Waals surface area (Å²) < 4.78 is 0. The van der Waals surface area contributed by atoms with Gasteiger partial charge in [-0.3, -0.25) is 4.79 Å².